The summed E-state index contributed by atoms with van der Waals surface area (Å²) in [6, 6.07) is 13.3. The molecule has 162 valence electrons. The SMILES string of the molecule is O=C(Cc1csc(SCc2ccc(Cl)cc2Cl)n1)N1CCN(c2ccccc2Cl)CC1. The summed E-state index contributed by atoms with van der Waals surface area (Å²) < 4.78 is 0.928. The third-order valence-corrected chi connectivity index (χ3v) is 8.08. The largest absolute Gasteiger partial charge is 0.367 e. The van der Waals surface area contributed by atoms with Gasteiger partial charge in [0.15, 0.2) is 0 Å². The average molecular weight is 513 g/mol. The minimum absolute atomic E-state index is 0.112. The molecule has 31 heavy (non-hydrogen) atoms. The summed E-state index contributed by atoms with van der Waals surface area (Å²) in [5, 5.41) is 3.99. The molecule has 1 saturated heterocycles. The normalized spacial score (nSPS) is 14.2. The van der Waals surface area contributed by atoms with E-state index in [0.29, 0.717) is 35.3 Å². The molecule has 3 aromatic rings. The van der Waals surface area contributed by atoms with Gasteiger partial charge in [-0.05, 0) is 29.8 Å². The van der Waals surface area contributed by atoms with E-state index in [4.69, 9.17) is 34.8 Å². The van der Waals surface area contributed by atoms with Crippen LogP contribution in [0.4, 0.5) is 5.69 Å². The first-order valence-electron chi connectivity index (χ1n) is 9.78. The highest BCUT2D eigenvalue weighted by Crippen LogP contribution is 2.31. The van der Waals surface area contributed by atoms with E-state index in [1.165, 1.54) is 0 Å². The van der Waals surface area contributed by atoms with Crippen LogP contribution in [0.2, 0.25) is 15.1 Å². The molecular weight excluding hydrogens is 493 g/mol. The van der Waals surface area contributed by atoms with Gasteiger partial charge in [0, 0.05) is 47.4 Å². The zero-order valence-electron chi connectivity index (χ0n) is 16.6. The molecule has 2 aromatic carbocycles. The molecule has 1 aliphatic rings. The van der Waals surface area contributed by atoms with E-state index in [2.05, 4.69) is 9.88 Å². The summed E-state index contributed by atoms with van der Waals surface area (Å²) in [4.78, 5) is 21.5. The van der Waals surface area contributed by atoms with Gasteiger partial charge < -0.3 is 9.80 Å². The fraction of sp³-hybridized carbons (Fsp3) is 0.273. The highest BCUT2D eigenvalue weighted by Gasteiger charge is 2.23. The van der Waals surface area contributed by atoms with Gasteiger partial charge in [0.05, 0.1) is 22.8 Å². The Morgan fingerprint density at radius 3 is 2.55 bits per heavy atom. The van der Waals surface area contributed by atoms with E-state index < -0.39 is 0 Å². The average Bonchev–Trinajstić information content (AvgIpc) is 3.21. The van der Waals surface area contributed by atoms with E-state index in [-0.39, 0.29) is 5.91 Å². The maximum Gasteiger partial charge on any atom is 0.228 e. The lowest BCUT2D eigenvalue weighted by Crippen LogP contribution is -2.49. The van der Waals surface area contributed by atoms with Crippen LogP contribution in [0.15, 0.2) is 52.2 Å². The molecule has 0 spiro atoms. The molecule has 0 aliphatic carbocycles. The summed E-state index contributed by atoms with van der Waals surface area (Å²) in [6.45, 7) is 2.92. The first-order valence-corrected chi connectivity index (χ1v) is 12.8. The molecule has 1 aliphatic heterocycles. The lowest BCUT2D eigenvalue weighted by Gasteiger charge is -2.36. The molecule has 2 heterocycles. The number of aromatic nitrogens is 1. The molecule has 0 radical (unpaired) electrons. The molecule has 0 N–H and O–H groups in total. The highest BCUT2D eigenvalue weighted by molar-refractivity contribution is 8.00. The van der Waals surface area contributed by atoms with Gasteiger partial charge in [-0.1, -0.05) is 64.8 Å². The maximum atomic E-state index is 12.8. The van der Waals surface area contributed by atoms with E-state index in [9.17, 15) is 4.79 Å². The number of nitrogens with zero attached hydrogens (tertiary/aromatic N) is 3. The number of amides is 1. The smallest absolute Gasteiger partial charge is 0.228 e. The molecule has 4 nitrogen and oxygen atoms in total. The second-order valence-corrected chi connectivity index (χ2v) is 10.5. The van der Waals surface area contributed by atoms with Crippen molar-refractivity contribution in [2.75, 3.05) is 31.1 Å². The van der Waals surface area contributed by atoms with Gasteiger partial charge in [-0.3, -0.25) is 4.79 Å². The molecule has 0 atom stereocenters. The second-order valence-electron chi connectivity index (χ2n) is 7.13. The number of carbonyl (C=O) groups excluding carboxylic acids is 1. The number of thioether (sulfide) groups is 1. The third kappa shape index (κ3) is 5.88. The number of piperazine rings is 1. The zero-order valence-corrected chi connectivity index (χ0v) is 20.5. The number of para-hydroxylation sites is 1. The summed E-state index contributed by atoms with van der Waals surface area (Å²) in [6.07, 6.45) is 0.324. The van der Waals surface area contributed by atoms with E-state index >= 15 is 0 Å². The van der Waals surface area contributed by atoms with Crippen LogP contribution in [0.3, 0.4) is 0 Å². The fourth-order valence-electron chi connectivity index (χ4n) is 3.39. The molecule has 0 bridgehead atoms. The van der Waals surface area contributed by atoms with Crippen LogP contribution < -0.4 is 4.90 Å². The third-order valence-electron chi connectivity index (χ3n) is 5.05. The Labute approximate surface area is 205 Å². The summed E-state index contributed by atoms with van der Waals surface area (Å²) >= 11 is 21.7. The van der Waals surface area contributed by atoms with Crippen LogP contribution in [-0.4, -0.2) is 42.0 Å². The minimum atomic E-state index is 0.112. The second kappa shape index (κ2) is 10.5. The summed E-state index contributed by atoms with van der Waals surface area (Å²) in [7, 11) is 0. The van der Waals surface area contributed by atoms with Gasteiger partial charge >= 0.3 is 0 Å². The van der Waals surface area contributed by atoms with Crippen LogP contribution in [-0.2, 0) is 17.0 Å². The number of thiazole rings is 1. The summed E-state index contributed by atoms with van der Waals surface area (Å²) in [5.74, 6) is 0.822. The number of halogens is 3. The van der Waals surface area contributed by atoms with E-state index in [1.807, 2.05) is 46.7 Å². The first kappa shape index (κ1) is 22.7. The molecule has 4 rings (SSSR count). The van der Waals surface area contributed by atoms with Crippen molar-refractivity contribution in [1.29, 1.82) is 0 Å². The van der Waals surface area contributed by atoms with Crippen molar-refractivity contribution < 1.29 is 4.79 Å². The predicted octanol–water partition coefficient (Wildman–Crippen LogP) is 6.29. The highest BCUT2D eigenvalue weighted by atomic mass is 35.5. The molecule has 9 heteroatoms. The van der Waals surface area contributed by atoms with Gasteiger partial charge in [-0.25, -0.2) is 4.98 Å². The van der Waals surface area contributed by atoms with Crippen molar-refractivity contribution in [3.63, 3.8) is 0 Å². The number of benzene rings is 2. The number of hydrogen-bond donors (Lipinski definition) is 0. The monoisotopic (exact) mass is 511 g/mol. The Morgan fingerprint density at radius 1 is 1.03 bits per heavy atom. The molecule has 1 aromatic heterocycles. The quantitative estimate of drug-likeness (QED) is 0.364. The Kier molecular flexibility index (Phi) is 7.67. The van der Waals surface area contributed by atoms with Crippen molar-refractivity contribution in [2.24, 2.45) is 0 Å². The first-order chi connectivity index (χ1) is 15.0. The maximum absolute atomic E-state index is 12.8. The molecule has 1 fully saturated rings. The number of anilines is 1. The number of carbonyl (C=O) groups is 1. The Balaban J connectivity index is 1.28. The van der Waals surface area contributed by atoms with Crippen molar-refractivity contribution in [3.05, 3.63) is 74.2 Å². The Hall–Kier alpha value is -1.44. The van der Waals surface area contributed by atoms with E-state index in [1.54, 1.807) is 29.2 Å². The molecule has 0 unspecified atom stereocenters. The summed E-state index contributed by atoms with van der Waals surface area (Å²) in [5.41, 5.74) is 2.85. The molecule has 0 saturated carbocycles. The lowest BCUT2D eigenvalue weighted by molar-refractivity contribution is -0.130. The van der Waals surface area contributed by atoms with Gasteiger partial charge in [-0.15, -0.1) is 11.3 Å². The Bertz CT molecular complexity index is 1070. The van der Waals surface area contributed by atoms with Crippen LogP contribution in [0.5, 0.6) is 0 Å². The van der Waals surface area contributed by atoms with Crippen LogP contribution >= 0.6 is 57.9 Å². The molecule has 1 amide bonds. The number of hydrogen-bond acceptors (Lipinski definition) is 5. The number of rotatable bonds is 6. The zero-order chi connectivity index (χ0) is 21.8. The standard InChI is InChI=1S/C22H20Cl3N3OS2/c23-16-6-5-15(19(25)11-16)13-30-22-26-17(14-31-22)12-21(29)28-9-7-27(8-10-28)20-4-2-1-3-18(20)24/h1-6,11,14H,7-10,12-13H2. The van der Waals surface area contributed by atoms with Gasteiger partial charge in [0.2, 0.25) is 5.91 Å². The van der Waals surface area contributed by atoms with Crippen molar-refractivity contribution in [1.82, 2.24) is 9.88 Å². The van der Waals surface area contributed by atoms with Crippen molar-refractivity contribution in [2.45, 2.75) is 16.5 Å². The molecular formula is C22H20Cl3N3OS2. The fourth-order valence-corrected chi connectivity index (χ4v) is 6.04. The Morgan fingerprint density at radius 2 is 1.81 bits per heavy atom. The lowest BCUT2D eigenvalue weighted by atomic mass is 10.2. The van der Waals surface area contributed by atoms with Gasteiger partial charge in [0.25, 0.3) is 0 Å². The topological polar surface area (TPSA) is 36.4 Å². The minimum Gasteiger partial charge on any atom is -0.367 e. The van der Waals surface area contributed by atoms with Crippen LogP contribution in [0, 0.1) is 0 Å². The van der Waals surface area contributed by atoms with Crippen molar-refractivity contribution in [3.8, 4) is 0 Å². The van der Waals surface area contributed by atoms with Crippen LogP contribution in [0.1, 0.15) is 11.3 Å². The van der Waals surface area contributed by atoms with Gasteiger partial charge in [0.1, 0.15) is 4.34 Å². The van der Waals surface area contributed by atoms with Gasteiger partial charge in [-0.2, -0.15) is 0 Å². The van der Waals surface area contributed by atoms with Crippen LogP contribution in [0.25, 0.3) is 0 Å². The predicted molar refractivity (Wildman–Crippen MR) is 132 cm³/mol. The van der Waals surface area contributed by atoms with E-state index in [0.717, 1.165) is 39.4 Å². The van der Waals surface area contributed by atoms with Crippen molar-refractivity contribution >= 4 is 69.5 Å².